The molecule has 0 atom stereocenters. The van der Waals surface area contributed by atoms with Crippen LogP contribution in [0.25, 0.3) is 101 Å². The van der Waals surface area contributed by atoms with Gasteiger partial charge >= 0.3 is 0 Å². The fraction of sp³-hybridized carbons (Fsp3) is 0. The summed E-state index contributed by atoms with van der Waals surface area (Å²) in [6.07, 6.45) is 5.64. The van der Waals surface area contributed by atoms with Crippen LogP contribution in [0.5, 0.6) is 0 Å². The third-order valence-corrected chi connectivity index (χ3v) is 9.93. The van der Waals surface area contributed by atoms with Crippen molar-refractivity contribution in [2.75, 3.05) is 0 Å². The average molecular weight is 679 g/mol. The Labute approximate surface area is 308 Å². The number of benzene rings is 6. The lowest BCUT2D eigenvalue weighted by molar-refractivity contribution is 0.599. The highest BCUT2D eigenvalue weighted by molar-refractivity contribution is 6.04. The molecule has 3 heterocycles. The zero-order chi connectivity index (χ0) is 35.7. The van der Waals surface area contributed by atoms with Crippen LogP contribution in [0.4, 0.5) is 0 Å². The molecule has 0 unspecified atom stereocenters. The molecule has 0 fully saturated rings. The Morgan fingerprint density at radius 2 is 0.906 bits per heavy atom. The van der Waals surface area contributed by atoms with Crippen molar-refractivity contribution in [3.8, 4) is 67.3 Å². The van der Waals surface area contributed by atoms with Crippen molar-refractivity contribution in [3.05, 3.63) is 194 Å². The second kappa shape index (κ2) is 13.6. The smallest absolute Gasteiger partial charge is 0.143 e. The SMILES string of the molecule is C=Cc1c(-c2ccc(-c3oc(-c4ccccc4)c(-c4ccccc4)c3-c3ccccc3)cc2)ccc(-c2ccc3ccc4cccnc4c3n2)c1C=C. The van der Waals surface area contributed by atoms with Crippen molar-refractivity contribution >= 4 is 34.0 Å². The van der Waals surface area contributed by atoms with Gasteiger partial charge in [-0.3, -0.25) is 4.98 Å². The van der Waals surface area contributed by atoms with Gasteiger partial charge in [0.1, 0.15) is 11.5 Å². The number of aromatic nitrogens is 2. The summed E-state index contributed by atoms with van der Waals surface area (Å²) >= 11 is 0. The van der Waals surface area contributed by atoms with E-state index in [0.29, 0.717) is 0 Å². The number of fused-ring (bicyclic) bond motifs is 3. The van der Waals surface area contributed by atoms with Gasteiger partial charge in [0, 0.05) is 44.8 Å². The Bertz CT molecular complexity index is 2780. The van der Waals surface area contributed by atoms with E-state index in [0.717, 1.165) is 100 Å². The van der Waals surface area contributed by atoms with E-state index in [-0.39, 0.29) is 0 Å². The molecule has 9 aromatic rings. The number of hydrogen-bond donors (Lipinski definition) is 0. The summed E-state index contributed by atoms with van der Waals surface area (Å²) in [6.45, 7) is 8.46. The van der Waals surface area contributed by atoms with Crippen LogP contribution in [0, 0.1) is 0 Å². The molecule has 0 amide bonds. The molecule has 53 heavy (non-hydrogen) atoms. The lowest BCUT2D eigenvalue weighted by Crippen LogP contribution is -1.95. The van der Waals surface area contributed by atoms with Crippen LogP contribution in [0.2, 0.25) is 0 Å². The van der Waals surface area contributed by atoms with Crippen LogP contribution in [0.15, 0.2) is 188 Å². The van der Waals surface area contributed by atoms with Gasteiger partial charge in [0.05, 0.1) is 16.7 Å². The Morgan fingerprint density at radius 1 is 0.415 bits per heavy atom. The van der Waals surface area contributed by atoms with Gasteiger partial charge < -0.3 is 4.42 Å². The van der Waals surface area contributed by atoms with Gasteiger partial charge in [-0.05, 0) is 45.5 Å². The molecule has 0 aliphatic heterocycles. The van der Waals surface area contributed by atoms with E-state index in [1.807, 2.05) is 42.6 Å². The van der Waals surface area contributed by atoms with Crippen molar-refractivity contribution in [2.45, 2.75) is 0 Å². The van der Waals surface area contributed by atoms with Gasteiger partial charge in [-0.1, -0.05) is 177 Å². The number of furan rings is 1. The molecule has 3 heteroatoms. The zero-order valence-electron chi connectivity index (χ0n) is 29.0. The molecule has 3 aromatic heterocycles. The fourth-order valence-corrected chi connectivity index (χ4v) is 7.41. The maximum atomic E-state index is 6.94. The Kier molecular flexibility index (Phi) is 8.15. The minimum atomic E-state index is 0.830. The van der Waals surface area contributed by atoms with Crippen molar-refractivity contribution in [3.63, 3.8) is 0 Å². The first-order valence-corrected chi connectivity index (χ1v) is 17.7. The van der Waals surface area contributed by atoms with E-state index in [1.54, 1.807) is 0 Å². The van der Waals surface area contributed by atoms with E-state index < -0.39 is 0 Å². The van der Waals surface area contributed by atoms with Crippen molar-refractivity contribution in [2.24, 2.45) is 0 Å². The second-order valence-corrected chi connectivity index (χ2v) is 13.0. The standard InChI is InChI=1S/C50H34N2O/c1-3-40-41(4-2)43(44-31-28-37-25-24-36-21-14-32-51-47(36)48(37)52-44)30-29-42(40)33-22-26-39(27-23-33)50-46(35-17-10-6-11-18-35)45(34-15-8-5-9-16-34)49(53-50)38-19-12-7-13-20-38/h3-32H,1-2H2. The third-order valence-electron chi connectivity index (χ3n) is 9.93. The van der Waals surface area contributed by atoms with E-state index in [2.05, 4.69) is 158 Å². The summed E-state index contributed by atoms with van der Waals surface area (Å²) in [7, 11) is 0. The minimum Gasteiger partial charge on any atom is -0.455 e. The maximum Gasteiger partial charge on any atom is 0.143 e. The van der Waals surface area contributed by atoms with E-state index >= 15 is 0 Å². The molecular formula is C50H34N2O. The Hall–Kier alpha value is -7.10. The highest BCUT2D eigenvalue weighted by atomic mass is 16.3. The molecule has 0 saturated carbocycles. The quantitative estimate of drug-likeness (QED) is 0.150. The van der Waals surface area contributed by atoms with Crippen molar-refractivity contribution in [1.82, 2.24) is 9.97 Å². The normalized spacial score (nSPS) is 11.2. The number of rotatable bonds is 8. The summed E-state index contributed by atoms with van der Waals surface area (Å²) in [6, 6.07) is 56.7. The summed E-state index contributed by atoms with van der Waals surface area (Å²) in [4.78, 5) is 9.79. The third kappa shape index (κ3) is 5.65. The van der Waals surface area contributed by atoms with Crippen LogP contribution in [-0.2, 0) is 0 Å². The van der Waals surface area contributed by atoms with Crippen LogP contribution in [0.3, 0.4) is 0 Å². The van der Waals surface area contributed by atoms with Gasteiger partial charge in [0.2, 0.25) is 0 Å². The Morgan fingerprint density at radius 3 is 1.51 bits per heavy atom. The van der Waals surface area contributed by atoms with Crippen molar-refractivity contribution in [1.29, 1.82) is 0 Å². The molecule has 6 aromatic carbocycles. The van der Waals surface area contributed by atoms with Gasteiger partial charge in [-0.25, -0.2) is 4.98 Å². The molecule has 9 rings (SSSR count). The molecule has 0 bridgehead atoms. The first kappa shape index (κ1) is 31.9. The van der Waals surface area contributed by atoms with Crippen molar-refractivity contribution < 1.29 is 4.42 Å². The molecule has 0 radical (unpaired) electrons. The Balaban J connectivity index is 1.17. The summed E-state index contributed by atoms with van der Waals surface area (Å²) in [5.74, 6) is 1.68. The molecule has 3 nitrogen and oxygen atoms in total. The van der Waals surface area contributed by atoms with Crippen LogP contribution in [-0.4, -0.2) is 9.97 Å². The molecule has 250 valence electrons. The lowest BCUT2D eigenvalue weighted by Gasteiger charge is -2.15. The highest BCUT2D eigenvalue weighted by Gasteiger charge is 2.25. The summed E-state index contributed by atoms with van der Waals surface area (Å²) < 4.78 is 6.94. The van der Waals surface area contributed by atoms with E-state index in [1.165, 1.54) is 0 Å². The average Bonchev–Trinajstić information content (AvgIpc) is 3.65. The molecule has 0 saturated heterocycles. The molecule has 0 aliphatic rings. The number of pyridine rings is 2. The summed E-state index contributed by atoms with van der Waals surface area (Å²) in [5, 5.41) is 2.12. The molecular weight excluding hydrogens is 645 g/mol. The monoisotopic (exact) mass is 678 g/mol. The summed E-state index contributed by atoms with van der Waals surface area (Å²) in [5.41, 5.74) is 14.1. The molecule has 0 spiro atoms. The van der Waals surface area contributed by atoms with E-state index in [4.69, 9.17) is 9.40 Å². The van der Waals surface area contributed by atoms with Gasteiger partial charge in [-0.15, -0.1) is 0 Å². The van der Waals surface area contributed by atoms with Crippen LogP contribution >= 0.6 is 0 Å². The highest BCUT2D eigenvalue weighted by Crippen LogP contribution is 2.48. The predicted octanol–water partition coefficient (Wildman–Crippen LogP) is 13.7. The predicted molar refractivity (Wildman–Crippen MR) is 222 cm³/mol. The number of nitrogens with zero attached hydrogens (tertiary/aromatic N) is 2. The van der Waals surface area contributed by atoms with Gasteiger partial charge in [-0.2, -0.15) is 0 Å². The first-order valence-electron chi connectivity index (χ1n) is 17.7. The second-order valence-electron chi connectivity index (χ2n) is 13.0. The van der Waals surface area contributed by atoms with Gasteiger partial charge in [0.25, 0.3) is 0 Å². The lowest BCUT2D eigenvalue weighted by atomic mass is 9.89. The minimum absolute atomic E-state index is 0.830. The fourth-order valence-electron chi connectivity index (χ4n) is 7.41. The van der Waals surface area contributed by atoms with E-state index in [9.17, 15) is 0 Å². The molecule has 0 N–H and O–H groups in total. The first-order chi connectivity index (χ1) is 26.2. The maximum absolute atomic E-state index is 6.94. The topological polar surface area (TPSA) is 38.9 Å². The molecule has 0 aliphatic carbocycles. The zero-order valence-corrected chi connectivity index (χ0v) is 29.0. The number of hydrogen-bond acceptors (Lipinski definition) is 3. The largest absolute Gasteiger partial charge is 0.455 e. The van der Waals surface area contributed by atoms with Crippen LogP contribution in [0.1, 0.15) is 11.1 Å². The van der Waals surface area contributed by atoms with Gasteiger partial charge in [0.15, 0.2) is 0 Å². The van der Waals surface area contributed by atoms with Crippen LogP contribution < -0.4 is 0 Å².